The predicted octanol–water partition coefficient (Wildman–Crippen LogP) is 7.46. The molecule has 1 heterocycles. The molecule has 0 atom stereocenters. The zero-order chi connectivity index (χ0) is 32.0. The first kappa shape index (κ1) is 33.4. The Labute approximate surface area is 221 Å². The van der Waals surface area contributed by atoms with E-state index in [-0.39, 0.29) is 11.1 Å². The minimum absolute atomic E-state index is 0.320. The molecule has 0 aromatic heterocycles. The van der Waals surface area contributed by atoms with Crippen molar-refractivity contribution in [1.82, 2.24) is 0 Å². The third-order valence-corrected chi connectivity index (χ3v) is 12.7. The van der Waals surface area contributed by atoms with E-state index in [1.54, 1.807) is 0 Å². The van der Waals surface area contributed by atoms with Gasteiger partial charge in [-0.05, 0) is 0 Å². The van der Waals surface area contributed by atoms with E-state index in [2.05, 4.69) is 0 Å². The predicted molar refractivity (Wildman–Crippen MR) is 103 cm³/mol. The minimum atomic E-state index is -9.01. The van der Waals surface area contributed by atoms with Crippen molar-refractivity contribution in [2.75, 3.05) is 0 Å². The second-order valence-electron chi connectivity index (χ2n) is 8.34. The summed E-state index contributed by atoms with van der Waals surface area (Å²) in [6.45, 7) is 0. The SMILES string of the molecule is FC(F)(F)C(F)(C(F)(F)F)C(F)(F)C(F)(F)C(F)(F)C(F)(F)C(F)(F)C(F)(F)[Te]1c2ccccc2-c2ccccc21. The monoisotopic (exact) mass is 751 g/mol. The fourth-order valence-electron chi connectivity index (χ4n) is 3.76. The van der Waals surface area contributed by atoms with E-state index >= 15 is 8.78 Å². The molecule has 0 fully saturated rings. The number of alkyl halides is 19. The van der Waals surface area contributed by atoms with Gasteiger partial charge in [-0.15, -0.1) is 0 Å². The molecule has 0 bridgehead atoms. The first-order valence-corrected chi connectivity index (χ1v) is 13.6. The third-order valence-electron chi connectivity index (χ3n) is 5.92. The number of fused-ring (bicyclic) bond motifs is 3. The van der Waals surface area contributed by atoms with Gasteiger partial charge in [0.2, 0.25) is 0 Å². The first-order chi connectivity index (χ1) is 18.1. The average Bonchev–Trinajstić information content (AvgIpc) is 3.16. The molecule has 231 valence electrons. The quantitative estimate of drug-likeness (QED) is 0.204. The zero-order valence-electron chi connectivity index (χ0n) is 18.7. The molecule has 0 saturated heterocycles. The summed E-state index contributed by atoms with van der Waals surface area (Å²) in [6, 6.07) is 7.32. The maximum absolute atomic E-state index is 15.2. The van der Waals surface area contributed by atoms with Gasteiger partial charge in [0.15, 0.2) is 0 Å². The van der Waals surface area contributed by atoms with Gasteiger partial charge in [-0.25, -0.2) is 0 Å². The van der Waals surface area contributed by atoms with Gasteiger partial charge in [-0.3, -0.25) is 0 Å². The van der Waals surface area contributed by atoms with Crippen molar-refractivity contribution in [3.05, 3.63) is 48.5 Å². The summed E-state index contributed by atoms with van der Waals surface area (Å²) in [7, 11) is 0. The van der Waals surface area contributed by atoms with Crippen LogP contribution in [-0.2, 0) is 0 Å². The van der Waals surface area contributed by atoms with Crippen LogP contribution in [0.1, 0.15) is 0 Å². The van der Waals surface area contributed by atoms with Crippen molar-refractivity contribution in [2.24, 2.45) is 0 Å². The van der Waals surface area contributed by atoms with Crippen LogP contribution >= 0.6 is 0 Å². The Hall–Kier alpha value is -2.10. The van der Waals surface area contributed by atoms with Crippen molar-refractivity contribution in [3.8, 4) is 11.1 Å². The summed E-state index contributed by atoms with van der Waals surface area (Å²) >= 11 is -5.76. The van der Waals surface area contributed by atoms with Crippen molar-refractivity contribution >= 4 is 26.8 Å². The van der Waals surface area contributed by atoms with Crippen LogP contribution in [0.3, 0.4) is 0 Å². The molecule has 0 aliphatic carbocycles. The van der Waals surface area contributed by atoms with Crippen molar-refractivity contribution in [3.63, 3.8) is 0 Å². The molecule has 0 nitrogen and oxygen atoms in total. The number of halogens is 19. The molecule has 1 aliphatic rings. The van der Waals surface area contributed by atoms with Crippen LogP contribution in [0.5, 0.6) is 0 Å². The summed E-state index contributed by atoms with van der Waals surface area (Å²) in [4.78, 5) is 0. The molecule has 0 unspecified atom stereocenters. The Bertz CT molecular complexity index is 1250. The number of hydrogen-bond acceptors (Lipinski definition) is 0. The standard InChI is InChI=1S/C21H8F19Te/c22-13(19(33,34)35,20(36,37)38)14(23,24)15(25,26)16(27,28)17(29,30)18(31,32)21(39,40)41-11-7-3-1-5-9(11)10-6-2-4-8-12(10)41/h1-8H. The summed E-state index contributed by atoms with van der Waals surface area (Å²) in [5.74, 6) is -43.2. The van der Waals surface area contributed by atoms with Crippen molar-refractivity contribution in [2.45, 2.75) is 51.6 Å². The Morgan fingerprint density at radius 1 is 0.366 bits per heavy atom. The maximum atomic E-state index is 15.2. The van der Waals surface area contributed by atoms with E-state index in [1.807, 2.05) is 0 Å². The Kier molecular flexibility index (Phi) is 7.49. The number of hydrogen-bond donors (Lipinski definition) is 0. The van der Waals surface area contributed by atoms with Gasteiger partial charge in [-0.2, -0.15) is 0 Å². The summed E-state index contributed by atoms with van der Waals surface area (Å²) in [5, 5.41) is 0. The van der Waals surface area contributed by atoms with Gasteiger partial charge in [-0.1, -0.05) is 0 Å². The van der Waals surface area contributed by atoms with E-state index in [4.69, 9.17) is 0 Å². The Morgan fingerprint density at radius 2 is 0.659 bits per heavy atom. The van der Waals surface area contributed by atoms with Crippen LogP contribution in [0.2, 0.25) is 0 Å². The van der Waals surface area contributed by atoms with Crippen LogP contribution < -0.4 is 7.22 Å². The molecule has 20 heteroatoms. The molecule has 1 aliphatic heterocycles. The van der Waals surface area contributed by atoms with Crippen LogP contribution in [0.4, 0.5) is 83.4 Å². The van der Waals surface area contributed by atoms with Crippen LogP contribution in [0.15, 0.2) is 48.5 Å². The normalized spacial score (nSPS) is 16.6. The molecule has 41 heavy (non-hydrogen) atoms. The Morgan fingerprint density at radius 3 is 1.00 bits per heavy atom. The summed E-state index contributed by atoms with van der Waals surface area (Å²) in [6.07, 6.45) is -16.6. The summed E-state index contributed by atoms with van der Waals surface area (Å²) in [5.41, 5.74) is -9.38. The van der Waals surface area contributed by atoms with Gasteiger partial charge in [0, 0.05) is 0 Å². The van der Waals surface area contributed by atoms with Gasteiger partial charge in [0.25, 0.3) is 0 Å². The second-order valence-corrected chi connectivity index (χ2v) is 14.1. The zero-order valence-corrected chi connectivity index (χ0v) is 21.0. The molecule has 1 radical (unpaired) electrons. The van der Waals surface area contributed by atoms with E-state index in [0.717, 1.165) is 36.4 Å². The first-order valence-electron chi connectivity index (χ1n) is 10.1. The summed E-state index contributed by atoms with van der Waals surface area (Å²) < 4.78 is 254. The molecule has 3 rings (SSSR count). The van der Waals surface area contributed by atoms with Crippen LogP contribution in [-0.4, -0.2) is 71.2 Å². The molecule has 0 spiro atoms. The molecule has 0 amide bonds. The van der Waals surface area contributed by atoms with Crippen molar-refractivity contribution in [1.29, 1.82) is 0 Å². The van der Waals surface area contributed by atoms with Gasteiger partial charge < -0.3 is 0 Å². The topological polar surface area (TPSA) is 0 Å². The van der Waals surface area contributed by atoms with Gasteiger partial charge >= 0.3 is 221 Å². The van der Waals surface area contributed by atoms with Crippen molar-refractivity contribution < 1.29 is 83.4 Å². The van der Waals surface area contributed by atoms with Gasteiger partial charge in [0.05, 0.1) is 0 Å². The molecular weight excluding hydrogens is 741 g/mol. The molecule has 0 saturated carbocycles. The molecule has 0 N–H and O–H groups in total. The number of benzene rings is 2. The van der Waals surface area contributed by atoms with Crippen LogP contribution in [0.25, 0.3) is 11.1 Å². The fourth-order valence-corrected chi connectivity index (χ4v) is 10.6. The third kappa shape index (κ3) is 4.04. The van der Waals surface area contributed by atoms with Crippen LogP contribution in [0, 0.1) is 0 Å². The Balaban J connectivity index is 2.23. The van der Waals surface area contributed by atoms with E-state index in [0.29, 0.717) is 12.1 Å². The molecular formula is C21H8F19Te. The van der Waals surface area contributed by atoms with E-state index in [9.17, 15) is 74.6 Å². The van der Waals surface area contributed by atoms with Gasteiger partial charge in [0.1, 0.15) is 0 Å². The van der Waals surface area contributed by atoms with E-state index in [1.165, 1.54) is 0 Å². The second kappa shape index (κ2) is 9.20. The molecule has 2 aromatic rings. The van der Waals surface area contributed by atoms with E-state index < -0.39 is 78.4 Å². The molecule has 2 aromatic carbocycles. The average molecular weight is 749 g/mol. The number of rotatable bonds is 7. The fraction of sp³-hybridized carbons (Fsp3) is 0.429.